The van der Waals surface area contributed by atoms with Crippen molar-refractivity contribution in [2.75, 3.05) is 5.32 Å². The van der Waals surface area contributed by atoms with E-state index in [1.54, 1.807) is 24.3 Å². The number of rotatable bonds is 4. The van der Waals surface area contributed by atoms with E-state index >= 15 is 0 Å². The van der Waals surface area contributed by atoms with E-state index in [1.165, 1.54) is 24.3 Å². The first kappa shape index (κ1) is 12.9. The Balaban J connectivity index is 2.29. The summed E-state index contributed by atoms with van der Waals surface area (Å²) < 4.78 is 13.5. The van der Waals surface area contributed by atoms with Gasteiger partial charge in [0.05, 0.1) is 5.69 Å². The second-order valence-corrected chi connectivity index (χ2v) is 4.05. The molecule has 1 atom stereocenters. The highest BCUT2D eigenvalue weighted by Crippen LogP contribution is 2.23. The molecule has 1 amide bonds. The van der Waals surface area contributed by atoms with Gasteiger partial charge in [0, 0.05) is 0 Å². The first-order chi connectivity index (χ1) is 9.08. The fraction of sp³-hybridized carbons (Fsp3) is 0.0714. The highest BCUT2D eigenvalue weighted by Gasteiger charge is 2.18. The number of amides is 1. The third kappa shape index (κ3) is 3.01. The van der Waals surface area contributed by atoms with Crippen LogP contribution in [0.4, 0.5) is 10.1 Å². The second kappa shape index (κ2) is 5.39. The van der Waals surface area contributed by atoms with Gasteiger partial charge in [0.25, 0.3) is 0 Å². The summed E-state index contributed by atoms with van der Waals surface area (Å²) in [6.07, 6.45) is 0. The van der Waals surface area contributed by atoms with E-state index in [2.05, 4.69) is 5.32 Å². The van der Waals surface area contributed by atoms with Crippen molar-refractivity contribution in [2.24, 2.45) is 5.73 Å². The molecule has 0 aliphatic carbocycles. The lowest BCUT2D eigenvalue weighted by Gasteiger charge is -2.17. The molecule has 0 saturated carbocycles. The molecule has 1 unspecified atom stereocenters. The number of primary amides is 1. The van der Waals surface area contributed by atoms with E-state index in [9.17, 15) is 14.3 Å². The van der Waals surface area contributed by atoms with Crippen LogP contribution < -0.4 is 11.1 Å². The van der Waals surface area contributed by atoms with E-state index in [4.69, 9.17) is 5.73 Å². The smallest absolute Gasteiger partial charge is 0.244 e. The fourth-order valence-corrected chi connectivity index (χ4v) is 1.72. The maximum absolute atomic E-state index is 13.5. The van der Waals surface area contributed by atoms with Crippen molar-refractivity contribution in [3.8, 4) is 5.75 Å². The lowest BCUT2D eigenvalue weighted by Crippen LogP contribution is -2.28. The highest BCUT2D eigenvalue weighted by atomic mass is 19.1. The third-order valence-corrected chi connectivity index (χ3v) is 2.68. The van der Waals surface area contributed by atoms with Crippen LogP contribution in [0.1, 0.15) is 11.6 Å². The molecule has 19 heavy (non-hydrogen) atoms. The van der Waals surface area contributed by atoms with Crippen molar-refractivity contribution in [3.63, 3.8) is 0 Å². The molecule has 0 saturated heterocycles. The average molecular weight is 260 g/mol. The first-order valence-electron chi connectivity index (χ1n) is 5.67. The van der Waals surface area contributed by atoms with Gasteiger partial charge in [0.15, 0.2) is 0 Å². The number of aromatic hydroxyl groups is 1. The molecule has 0 bridgehead atoms. The van der Waals surface area contributed by atoms with Crippen LogP contribution in [-0.2, 0) is 4.79 Å². The standard InChI is InChI=1S/C14H13FN2O2/c15-11-3-1-2-4-12(11)17-13(14(16)19)9-5-7-10(18)8-6-9/h1-8,13,17-18H,(H2,16,19). The minimum Gasteiger partial charge on any atom is -0.508 e. The Hall–Kier alpha value is -2.56. The summed E-state index contributed by atoms with van der Waals surface area (Å²) in [5, 5.41) is 12.0. The lowest BCUT2D eigenvalue weighted by atomic mass is 10.1. The minimum atomic E-state index is -0.863. The van der Waals surface area contributed by atoms with Gasteiger partial charge in [-0.15, -0.1) is 0 Å². The van der Waals surface area contributed by atoms with Crippen LogP contribution in [0.2, 0.25) is 0 Å². The molecule has 98 valence electrons. The van der Waals surface area contributed by atoms with Crippen molar-refractivity contribution in [1.29, 1.82) is 0 Å². The van der Waals surface area contributed by atoms with Gasteiger partial charge in [-0.3, -0.25) is 4.79 Å². The molecule has 2 aromatic rings. The van der Waals surface area contributed by atoms with E-state index < -0.39 is 17.8 Å². The Morgan fingerprint density at radius 3 is 2.37 bits per heavy atom. The minimum absolute atomic E-state index is 0.0814. The van der Waals surface area contributed by atoms with Crippen molar-refractivity contribution in [1.82, 2.24) is 0 Å². The third-order valence-electron chi connectivity index (χ3n) is 2.68. The maximum Gasteiger partial charge on any atom is 0.244 e. The van der Waals surface area contributed by atoms with E-state index in [-0.39, 0.29) is 11.4 Å². The molecule has 0 heterocycles. The van der Waals surface area contributed by atoms with Gasteiger partial charge in [-0.05, 0) is 29.8 Å². The number of halogens is 1. The monoisotopic (exact) mass is 260 g/mol. The zero-order chi connectivity index (χ0) is 13.8. The van der Waals surface area contributed by atoms with Crippen molar-refractivity contribution in [2.45, 2.75) is 6.04 Å². The van der Waals surface area contributed by atoms with Crippen LogP contribution >= 0.6 is 0 Å². The lowest BCUT2D eigenvalue weighted by molar-refractivity contribution is -0.118. The number of anilines is 1. The Bertz CT molecular complexity index is 584. The van der Waals surface area contributed by atoms with E-state index in [1.807, 2.05) is 0 Å². The Labute approximate surface area is 109 Å². The molecule has 4 N–H and O–H groups in total. The molecule has 0 aliphatic heterocycles. The number of phenols is 1. The molecule has 0 spiro atoms. The second-order valence-electron chi connectivity index (χ2n) is 4.05. The Morgan fingerprint density at radius 2 is 1.79 bits per heavy atom. The van der Waals surface area contributed by atoms with Gasteiger partial charge in [-0.25, -0.2) is 4.39 Å². The van der Waals surface area contributed by atoms with Crippen molar-refractivity contribution in [3.05, 3.63) is 59.9 Å². The first-order valence-corrected chi connectivity index (χ1v) is 5.67. The topological polar surface area (TPSA) is 75.4 Å². The fourth-order valence-electron chi connectivity index (χ4n) is 1.72. The van der Waals surface area contributed by atoms with Gasteiger partial charge < -0.3 is 16.2 Å². The molecular weight excluding hydrogens is 247 g/mol. The van der Waals surface area contributed by atoms with Gasteiger partial charge in [0.2, 0.25) is 5.91 Å². The van der Waals surface area contributed by atoms with Crippen LogP contribution in [0.15, 0.2) is 48.5 Å². The zero-order valence-electron chi connectivity index (χ0n) is 10.0. The molecule has 5 heteroatoms. The van der Waals surface area contributed by atoms with Crippen LogP contribution in [-0.4, -0.2) is 11.0 Å². The summed E-state index contributed by atoms with van der Waals surface area (Å²) in [7, 11) is 0. The van der Waals surface area contributed by atoms with Gasteiger partial charge in [0.1, 0.15) is 17.6 Å². The number of carbonyl (C=O) groups is 1. The number of para-hydroxylation sites is 1. The molecular formula is C14H13FN2O2. The maximum atomic E-state index is 13.5. The number of carbonyl (C=O) groups excluding carboxylic acids is 1. The summed E-state index contributed by atoms with van der Waals surface area (Å²) >= 11 is 0. The zero-order valence-corrected chi connectivity index (χ0v) is 10.0. The largest absolute Gasteiger partial charge is 0.508 e. The number of hydrogen-bond donors (Lipinski definition) is 3. The number of nitrogens with one attached hydrogen (secondary N) is 1. The highest BCUT2D eigenvalue weighted by molar-refractivity contribution is 5.84. The normalized spacial score (nSPS) is 11.8. The molecule has 4 nitrogen and oxygen atoms in total. The number of benzene rings is 2. The number of phenolic OH excluding ortho intramolecular Hbond substituents is 1. The van der Waals surface area contributed by atoms with E-state index in [0.29, 0.717) is 5.56 Å². The van der Waals surface area contributed by atoms with Crippen molar-refractivity contribution < 1.29 is 14.3 Å². The summed E-state index contributed by atoms with van der Waals surface area (Å²) in [5.41, 5.74) is 6.06. The quantitative estimate of drug-likeness (QED) is 0.788. The predicted molar refractivity (Wildman–Crippen MR) is 70.1 cm³/mol. The summed E-state index contributed by atoms with van der Waals surface area (Å²) in [6.45, 7) is 0. The van der Waals surface area contributed by atoms with Crippen LogP contribution in [0.25, 0.3) is 0 Å². The molecule has 0 radical (unpaired) electrons. The Morgan fingerprint density at radius 1 is 1.16 bits per heavy atom. The molecule has 0 aliphatic rings. The van der Waals surface area contributed by atoms with E-state index in [0.717, 1.165) is 0 Å². The Kier molecular flexibility index (Phi) is 3.66. The SMILES string of the molecule is NC(=O)C(Nc1ccccc1F)c1ccc(O)cc1. The summed E-state index contributed by atoms with van der Waals surface area (Å²) in [6, 6.07) is 11.1. The predicted octanol–water partition coefficient (Wildman–Crippen LogP) is 2.17. The van der Waals surface area contributed by atoms with Crippen LogP contribution in [0, 0.1) is 5.82 Å². The average Bonchev–Trinajstić information content (AvgIpc) is 2.39. The molecule has 2 rings (SSSR count). The van der Waals surface area contributed by atoms with Crippen molar-refractivity contribution >= 4 is 11.6 Å². The van der Waals surface area contributed by atoms with Crippen LogP contribution in [0.3, 0.4) is 0 Å². The van der Waals surface area contributed by atoms with Gasteiger partial charge in [-0.1, -0.05) is 24.3 Å². The van der Waals surface area contributed by atoms with Gasteiger partial charge >= 0.3 is 0 Å². The summed E-state index contributed by atoms with van der Waals surface area (Å²) in [4.78, 5) is 11.5. The molecule has 2 aromatic carbocycles. The van der Waals surface area contributed by atoms with Crippen LogP contribution in [0.5, 0.6) is 5.75 Å². The molecule has 0 fully saturated rings. The summed E-state index contributed by atoms with van der Waals surface area (Å²) in [5.74, 6) is -1.01. The van der Waals surface area contributed by atoms with Gasteiger partial charge in [-0.2, -0.15) is 0 Å². The number of nitrogens with two attached hydrogens (primary N) is 1. The molecule has 0 aromatic heterocycles. The number of hydrogen-bond acceptors (Lipinski definition) is 3.